The van der Waals surface area contributed by atoms with E-state index in [0.29, 0.717) is 6.04 Å². The van der Waals surface area contributed by atoms with Gasteiger partial charge in [-0.25, -0.2) is 0 Å². The zero-order valence-corrected chi connectivity index (χ0v) is 9.39. The zero-order chi connectivity index (χ0) is 10.6. The summed E-state index contributed by atoms with van der Waals surface area (Å²) < 4.78 is 29.8. The number of hydrogen-bond acceptors (Lipinski definition) is 3. The first-order valence-electron chi connectivity index (χ1n) is 5.18. The molecule has 0 amide bonds. The van der Waals surface area contributed by atoms with Gasteiger partial charge in [0.2, 0.25) is 0 Å². The van der Waals surface area contributed by atoms with Gasteiger partial charge >= 0.3 is 0 Å². The maximum absolute atomic E-state index is 10.6. The summed E-state index contributed by atoms with van der Waals surface area (Å²) in [6.45, 7) is 1.79. The quantitative estimate of drug-likeness (QED) is 0.700. The summed E-state index contributed by atoms with van der Waals surface area (Å²) in [6, 6.07) is 0.272. The minimum absolute atomic E-state index is 0.159. The Morgan fingerprint density at radius 2 is 1.93 bits per heavy atom. The van der Waals surface area contributed by atoms with Crippen LogP contribution in [0.3, 0.4) is 0 Å². The second-order valence-corrected chi connectivity index (χ2v) is 5.65. The Labute approximate surface area is 85.8 Å². The first kappa shape index (κ1) is 11.9. The maximum atomic E-state index is 10.6. The van der Waals surface area contributed by atoms with Crippen LogP contribution >= 0.6 is 0 Å². The van der Waals surface area contributed by atoms with Gasteiger partial charge in [0, 0.05) is 12.1 Å². The predicted molar refractivity (Wildman–Crippen MR) is 55.9 cm³/mol. The highest BCUT2D eigenvalue weighted by Crippen LogP contribution is 2.17. The van der Waals surface area contributed by atoms with E-state index in [1.807, 2.05) is 0 Å². The second-order valence-electron chi connectivity index (χ2n) is 4.15. The van der Waals surface area contributed by atoms with Crippen molar-refractivity contribution in [2.24, 2.45) is 0 Å². The average molecular weight is 221 g/mol. The molecule has 0 saturated heterocycles. The Morgan fingerprint density at radius 1 is 1.36 bits per heavy atom. The fourth-order valence-electron chi connectivity index (χ4n) is 2.04. The highest BCUT2D eigenvalue weighted by molar-refractivity contribution is 7.85. The van der Waals surface area contributed by atoms with E-state index in [2.05, 4.69) is 5.32 Å². The van der Waals surface area contributed by atoms with Crippen LogP contribution in [0.2, 0.25) is 0 Å². The molecular formula is C9H19NO3S. The van der Waals surface area contributed by atoms with Crippen molar-refractivity contribution in [3.63, 3.8) is 0 Å². The van der Waals surface area contributed by atoms with Crippen LogP contribution in [0.1, 0.15) is 39.0 Å². The van der Waals surface area contributed by atoms with Gasteiger partial charge in [0.05, 0.1) is 5.75 Å². The third kappa shape index (κ3) is 4.93. The molecule has 84 valence electrons. The third-order valence-corrected chi connectivity index (χ3v) is 3.51. The normalized spacial score (nSPS) is 22.1. The van der Waals surface area contributed by atoms with Crippen LogP contribution < -0.4 is 5.32 Å². The highest BCUT2D eigenvalue weighted by Gasteiger charge is 2.18. The van der Waals surface area contributed by atoms with E-state index < -0.39 is 10.1 Å². The van der Waals surface area contributed by atoms with Crippen molar-refractivity contribution >= 4 is 10.1 Å². The molecule has 0 radical (unpaired) electrons. The van der Waals surface area contributed by atoms with Crippen molar-refractivity contribution in [1.29, 1.82) is 0 Å². The summed E-state index contributed by atoms with van der Waals surface area (Å²) in [4.78, 5) is 0. The van der Waals surface area contributed by atoms with Gasteiger partial charge in [0.15, 0.2) is 0 Å². The molecule has 5 heteroatoms. The fourth-order valence-corrected chi connectivity index (χ4v) is 2.76. The van der Waals surface area contributed by atoms with E-state index >= 15 is 0 Å². The van der Waals surface area contributed by atoms with E-state index in [1.165, 1.54) is 19.3 Å². The topological polar surface area (TPSA) is 66.4 Å². The van der Waals surface area contributed by atoms with Crippen molar-refractivity contribution in [3.8, 4) is 0 Å². The molecule has 14 heavy (non-hydrogen) atoms. The molecule has 2 N–H and O–H groups in total. The molecule has 1 atom stereocenters. The van der Waals surface area contributed by atoms with E-state index in [1.54, 1.807) is 6.92 Å². The van der Waals surface area contributed by atoms with Crippen LogP contribution in [0.15, 0.2) is 0 Å². The Morgan fingerprint density at radius 3 is 2.43 bits per heavy atom. The molecule has 0 aromatic carbocycles. The summed E-state index contributed by atoms with van der Waals surface area (Å²) in [5, 5.41) is 3.24. The summed E-state index contributed by atoms with van der Waals surface area (Å²) in [7, 11) is -3.84. The highest BCUT2D eigenvalue weighted by atomic mass is 32.2. The largest absolute Gasteiger partial charge is 0.310 e. The van der Waals surface area contributed by atoms with E-state index in [-0.39, 0.29) is 11.8 Å². The molecule has 1 saturated carbocycles. The lowest BCUT2D eigenvalue weighted by Gasteiger charge is -2.25. The molecule has 0 aromatic heterocycles. The minimum Gasteiger partial charge on any atom is -0.310 e. The van der Waals surface area contributed by atoms with Gasteiger partial charge < -0.3 is 5.32 Å². The molecule has 0 bridgehead atoms. The first-order chi connectivity index (χ1) is 6.47. The summed E-state index contributed by atoms with van der Waals surface area (Å²) in [6.07, 6.45) is 5.96. The molecule has 1 fully saturated rings. The van der Waals surface area contributed by atoms with Crippen LogP contribution in [0.4, 0.5) is 0 Å². The van der Waals surface area contributed by atoms with Crippen molar-refractivity contribution < 1.29 is 13.0 Å². The van der Waals surface area contributed by atoms with E-state index in [0.717, 1.165) is 12.8 Å². The molecular weight excluding hydrogens is 202 g/mol. The smallest absolute Gasteiger partial charge is 0.266 e. The Hall–Kier alpha value is -0.130. The third-order valence-electron chi connectivity index (χ3n) is 2.59. The van der Waals surface area contributed by atoms with Crippen LogP contribution in [0.25, 0.3) is 0 Å². The van der Waals surface area contributed by atoms with Gasteiger partial charge in [-0.05, 0) is 19.8 Å². The SMILES string of the molecule is CC(CS(=O)(=O)O)NC1CCCCC1. The Balaban J connectivity index is 2.28. The van der Waals surface area contributed by atoms with Gasteiger partial charge in [0.1, 0.15) is 0 Å². The Bertz CT molecular complexity index is 257. The van der Waals surface area contributed by atoms with Gasteiger partial charge in [-0.15, -0.1) is 0 Å². The molecule has 0 heterocycles. The number of nitrogens with one attached hydrogen (secondary N) is 1. The second kappa shape index (κ2) is 5.09. The zero-order valence-electron chi connectivity index (χ0n) is 8.57. The molecule has 4 nitrogen and oxygen atoms in total. The fraction of sp³-hybridized carbons (Fsp3) is 1.00. The van der Waals surface area contributed by atoms with Crippen LogP contribution in [0.5, 0.6) is 0 Å². The van der Waals surface area contributed by atoms with Crippen molar-refractivity contribution in [2.75, 3.05) is 5.75 Å². The monoisotopic (exact) mass is 221 g/mol. The van der Waals surface area contributed by atoms with Crippen molar-refractivity contribution in [2.45, 2.75) is 51.1 Å². The lowest BCUT2D eigenvalue weighted by atomic mass is 9.95. The van der Waals surface area contributed by atoms with Crippen molar-refractivity contribution in [3.05, 3.63) is 0 Å². The van der Waals surface area contributed by atoms with Gasteiger partial charge in [-0.2, -0.15) is 8.42 Å². The standard InChI is InChI=1S/C9H19NO3S/c1-8(7-14(11,12)13)10-9-5-3-2-4-6-9/h8-10H,2-7H2,1H3,(H,11,12,13). The maximum Gasteiger partial charge on any atom is 0.266 e. The van der Waals surface area contributed by atoms with Gasteiger partial charge in [-0.3, -0.25) is 4.55 Å². The molecule has 1 aliphatic rings. The molecule has 1 aliphatic carbocycles. The summed E-state index contributed by atoms with van der Waals surface area (Å²) in [5.41, 5.74) is 0. The molecule has 0 spiro atoms. The lowest BCUT2D eigenvalue weighted by Crippen LogP contribution is -2.41. The minimum atomic E-state index is -3.84. The van der Waals surface area contributed by atoms with Crippen LogP contribution in [0, 0.1) is 0 Å². The summed E-state index contributed by atoms with van der Waals surface area (Å²) in [5.74, 6) is -0.191. The van der Waals surface area contributed by atoms with Crippen LogP contribution in [-0.4, -0.2) is 30.8 Å². The lowest BCUT2D eigenvalue weighted by molar-refractivity contribution is 0.349. The van der Waals surface area contributed by atoms with Crippen molar-refractivity contribution in [1.82, 2.24) is 5.32 Å². The Kier molecular flexibility index (Phi) is 4.34. The molecule has 0 aliphatic heterocycles. The number of rotatable bonds is 4. The van der Waals surface area contributed by atoms with Crippen LogP contribution in [-0.2, 0) is 10.1 Å². The molecule has 1 rings (SSSR count). The average Bonchev–Trinajstić information content (AvgIpc) is 2.02. The predicted octanol–water partition coefficient (Wildman–Crippen LogP) is 1.18. The summed E-state index contributed by atoms with van der Waals surface area (Å²) >= 11 is 0. The first-order valence-corrected chi connectivity index (χ1v) is 6.79. The van der Waals surface area contributed by atoms with E-state index in [4.69, 9.17) is 4.55 Å². The van der Waals surface area contributed by atoms with Gasteiger partial charge in [-0.1, -0.05) is 19.3 Å². The van der Waals surface area contributed by atoms with Gasteiger partial charge in [0.25, 0.3) is 10.1 Å². The number of hydrogen-bond donors (Lipinski definition) is 2. The molecule has 0 aromatic rings. The molecule has 1 unspecified atom stereocenters. The van der Waals surface area contributed by atoms with E-state index in [9.17, 15) is 8.42 Å².